The van der Waals surface area contributed by atoms with Crippen molar-refractivity contribution in [3.8, 4) is 23.0 Å². The van der Waals surface area contributed by atoms with Crippen LogP contribution < -0.4 is 0 Å². The van der Waals surface area contributed by atoms with E-state index in [1.807, 2.05) is 47.9 Å². The molecular weight excluding hydrogens is 398 g/mol. The van der Waals surface area contributed by atoms with Crippen LogP contribution in [0.5, 0.6) is 0 Å². The maximum atomic E-state index is 12.1. The molecule has 4 rings (SSSR count). The van der Waals surface area contributed by atoms with Crippen molar-refractivity contribution in [2.24, 2.45) is 0 Å². The second-order valence-electron chi connectivity index (χ2n) is 7.00. The Bertz CT molecular complexity index is 1160. The highest BCUT2D eigenvalue weighted by Gasteiger charge is 2.34. The first-order valence-electron chi connectivity index (χ1n) is 9.73. The van der Waals surface area contributed by atoms with Crippen molar-refractivity contribution in [3.05, 3.63) is 71.7 Å². The maximum Gasteiger partial charge on any atom is 0.337 e. The molecule has 160 valence electrons. The Morgan fingerprint density at radius 3 is 2.58 bits per heavy atom. The largest absolute Gasteiger partial charge is 0.499 e. The van der Waals surface area contributed by atoms with E-state index in [2.05, 4.69) is 10.2 Å². The fraction of sp³-hybridized carbons (Fsp3) is 0.261. The van der Waals surface area contributed by atoms with E-state index in [9.17, 15) is 4.79 Å². The Morgan fingerprint density at radius 1 is 1.10 bits per heavy atom. The highest BCUT2D eigenvalue weighted by molar-refractivity contribution is 5.90. The average Bonchev–Trinajstić information content (AvgIpc) is 3.44. The van der Waals surface area contributed by atoms with Gasteiger partial charge in [0.05, 0.1) is 19.8 Å². The van der Waals surface area contributed by atoms with Crippen molar-refractivity contribution in [3.63, 3.8) is 0 Å². The third-order valence-electron chi connectivity index (χ3n) is 5.15. The number of carbonyl (C=O) groups excluding carboxylic acids is 1. The lowest BCUT2D eigenvalue weighted by molar-refractivity contribution is 0.0600. The van der Waals surface area contributed by atoms with Crippen LogP contribution in [0.25, 0.3) is 23.0 Å². The van der Waals surface area contributed by atoms with Crippen LogP contribution in [0, 0.1) is 6.92 Å². The van der Waals surface area contributed by atoms with Crippen LogP contribution >= 0.6 is 0 Å². The van der Waals surface area contributed by atoms with Gasteiger partial charge in [-0.15, -0.1) is 10.2 Å². The van der Waals surface area contributed by atoms with Gasteiger partial charge >= 0.3 is 5.97 Å². The summed E-state index contributed by atoms with van der Waals surface area (Å²) in [6.45, 7) is 1.87. The lowest BCUT2D eigenvalue weighted by Gasteiger charge is -2.30. The van der Waals surface area contributed by atoms with Gasteiger partial charge in [0.2, 0.25) is 5.82 Å². The zero-order valence-corrected chi connectivity index (χ0v) is 17.7. The molecule has 8 heteroatoms. The number of rotatable bonds is 6. The van der Waals surface area contributed by atoms with Gasteiger partial charge in [-0.1, -0.05) is 24.3 Å². The highest BCUT2D eigenvalue weighted by Crippen LogP contribution is 2.37. The van der Waals surface area contributed by atoms with E-state index in [-0.39, 0.29) is 12.1 Å². The fourth-order valence-electron chi connectivity index (χ4n) is 3.67. The molecule has 0 fully saturated rings. The number of nitrogens with zero attached hydrogens (tertiary/aromatic N) is 3. The van der Waals surface area contributed by atoms with Crippen molar-refractivity contribution in [2.45, 2.75) is 19.1 Å². The predicted molar refractivity (Wildman–Crippen MR) is 113 cm³/mol. The second-order valence-corrected chi connectivity index (χ2v) is 7.00. The molecule has 0 radical (unpaired) electrons. The summed E-state index contributed by atoms with van der Waals surface area (Å²) in [5.74, 6) is 2.65. The number of ether oxygens (including phenoxy) is 3. The molecule has 0 bridgehead atoms. The van der Waals surface area contributed by atoms with E-state index in [1.165, 1.54) is 7.11 Å². The number of allylic oxidation sites excluding steroid dienone is 2. The number of hydrogen-bond acceptors (Lipinski definition) is 7. The van der Waals surface area contributed by atoms with E-state index in [1.54, 1.807) is 32.4 Å². The van der Waals surface area contributed by atoms with Crippen molar-refractivity contribution in [1.29, 1.82) is 0 Å². The first kappa shape index (κ1) is 20.6. The van der Waals surface area contributed by atoms with Crippen molar-refractivity contribution < 1.29 is 23.4 Å². The number of hydrogen-bond donors (Lipinski definition) is 0. The quantitative estimate of drug-likeness (QED) is 0.557. The number of benzene rings is 1. The molecule has 2 unspecified atom stereocenters. The number of carbonyl (C=O) groups is 1. The summed E-state index contributed by atoms with van der Waals surface area (Å²) >= 11 is 0. The number of aromatic nitrogens is 3. The Labute approximate surface area is 179 Å². The van der Waals surface area contributed by atoms with Gasteiger partial charge in [0.15, 0.2) is 11.6 Å². The standard InChI is InChI=1S/C23H23N3O5/c1-14-11-12-19(31-14)22-25-24-21(15-7-5-8-16(13-15)23(27)30-4)26(22)20-17(28-2)9-6-10-18(20)29-3/h5-13,17,20H,1-4H3. The van der Waals surface area contributed by atoms with E-state index >= 15 is 0 Å². The van der Waals surface area contributed by atoms with E-state index < -0.39 is 5.97 Å². The number of esters is 1. The molecular formula is C23H23N3O5. The summed E-state index contributed by atoms with van der Waals surface area (Å²) in [7, 11) is 4.60. The molecule has 1 aliphatic rings. The van der Waals surface area contributed by atoms with Crippen LogP contribution in [0.2, 0.25) is 0 Å². The number of methoxy groups -OCH3 is 3. The molecule has 1 aromatic carbocycles. The molecule has 0 N–H and O–H groups in total. The molecule has 3 aromatic rings. The van der Waals surface area contributed by atoms with Gasteiger partial charge in [0.25, 0.3) is 0 Å². The van der Waals surface area contributed by atoms with Crippen LogP contribution in [0.3, 0.4) is 0 Å². The molecule has 0 amide bonds. The lowest BCUT2D eigenvalue weighted by Crippen LogP contribution is -2.29. The monoisotopic (exact) mass is 421 g/mol. The Morgan fingerprint density at radius 2 is 1.90 bits per heavy atom. The van der Waals surface area contributed by atoms with Gasteiger partial charge in [0.1, 0.15) is 23.7 Å². The van der Waals surface area contributed by atoms with Gasteiger partial charge in [-0.05, 0) is 37.3 Å². The Kier molecular flexibility index (Phi) is 5.73. The third kappa shape index (κ3) is 3.77. The van der Waals surface area contributed by atoms with E-state index in [4.69, 9.17) is 18.6 Å². The summed E-state index contributed by atoms with van der Waals surface area (Å²) < 4.78 is 24.0. The lowest BCUT2D eigenvalue weighted by atomic mass is 10.0. The van der Waals surface area contributed by atoms with Crippen LogP contribution in [0.4, 0.5) is 0 Å². The van der Waals surface area contributed by atoms with E-state index in [0.717, 1.165) is 5.76 Å². The van der Waals surface area contributed by atoms with Gasteiger partial charge in [-0.2, -0.15) is 0 Å². The summed E-state index contributed by atoms with van der Waals surface area (Å²) in [5.41, 5.74) is 1.11. The first-order chi connectivity index (χ1) is 15.1. The van der Waals surface area contributed by atoms with Crippen LogP contribution in [0.15, 0.2) is 64.8 Å². The zero-order valence-electron chi connectivity index (χ0n) is 17.7. The summed E-state index contributed by atoms with van der Waals surface area (Å²) in [4.78, 5) is 12.1. The average molecular weight is 421 g/mol. The van der Waals surface area contributed by atoms with Crippen molar-refractivity contribution in [1.82, 2.24) is 14.8 Å². The predicted octanol–water partition coefficient (Wildman–Crippen LogP) is 3.96. The van der Waals surface area contributed by atoms with Crippen molar-refractivity contribution in [2.75, 3.05) is 21.3 Å². The first-order valence-corrected chi connectivity index (χ1v) is 9.73. The van der Waals surface area contributed by atoms with Crippen LogP contribution in [0.1, 0.15) is 22.2 Å². The third-order valence-corrected chi connectivity index (χ3v) is 5.15. The molecule has 0 saturated carbocycles. The Hall–Kier alpha value is -3.65. The molecule has 31 heavy (non-hydrogen) atoms. The van der Waals surface area contributed by atoms with Gasteiger partial charge in [0, 0.05) is 12.7 Å². The summed E-state index contributed by atoms with van der Waals surface area (Å²) in [5, 5.41) is 8.87. The van der Waals surface area contributed by atoms with Gasteiger partial charge in [-0.3, -0.25) is 4.57 Å². The van der Waals surface area contributed by atoms with Crippen LogP contribution in [-0.2, 0) is 14.2 Å². The smallest absolute Gasteiger partial charge is 0.337 e. The Balaban J connectivity index is 1.94. The molecule has 2 atom stereocenters. The summed E-state index contributed by atoms with van der Waals surface area (Å²) in [6.07, 6.45) is 5.39. The minimum atomic E-state index is -0.428. The molecule has 2 heterocycles. The summed E-state index contributed by atoms with van der Waals surface area (Å²) in [6, 6.07) is 10.4. The molecule has 0 saturated heterocycles. The molecule has 2 aromatic heterocycles. The number of aryl methyl sites for hydroxylation is 1. The fourth-order valence-corrected chi connectivity index (χ4v) is 3.67. The second kappa shape index (κ2) is 8.61. The molecule has 0 aliphatic heterocycles. The zero-order chi connectivity index (χ0) is 22.0. The molecule has 1 aliphatic carbocycles. The minimum absolute atomic E-state index is 0.326. The van der Waals surface area contributed by atoms with Gasteiger partial charge < -0.3 is 18.6 Å². The molecule has 8 nitrogen and oxygen atoms in total. The van der Waals surface area contributed by atoms with Crippen molar-refractivity contribution >= 4 is 5.97 Å². The normalized spacial score (nSPS) is 18.0. The minimum Gasteiger partial charge on any atom is -0.499 e. The number of furan rings is 1. The van der Waals surface area contributed by atoms with E-state index in [0.29, 0.717) is 34.3 Å². The van der Waals surface area contributed by atoms with Gasteiger partial charge in [-0.25, -0.2) is 4.79 Å². The SMILES string of the molecule is COC(=O)c1cccc(-c2nnc(-c3ccc(C)o3)n2C2C(OC)=CC=CC2OC)c1. The topological polar surface area (TPSA) is 88.6 Å². The maximum absolute atomic E-state index is 12.1. The van der Waals surface area contributed by atoms with Crippen LogP contribution in [-0.4, -0.2) is 48.2 Å². The molecule has 0 spiro atoms. The highest BCUT2D eigenvalue weighted by atomic mass is 16.5.